The molecule has 1 amide bonds. The van der Waals surface area contributed by atoms with Gasteiger partial charge < -0.3 is 10.6 Å². The zero-order chi connectivity index (χ0) is 14.0. The van der Waals surface area contributed by atoms with E-state index in [1.54, 1.807) is 0 Å². The average Bonchev–Trinajstić information content (AvgIpc) is 3.13. The Balaban J connectivity index is 0.00000161. The molecule has 3 nitrogen and oxygen atoms in total. The molecule has 1 aliphatic carbocycles. The molecule has 0 atom stereocenters. The van der Waals surface area contributed by atoms with Crippen LogP contribution in [-0.2, 0) is 13.1 Å². The van der Waals surface area contributed by atoms with Gasteiger partial charge in [0.2, 0.25) is 0 Å². The van der Waals surface area contributed by atoms with Crippen molar-refractivity contribution in [3.05, 3.63) is 34.9 Å². The highest BCUT2D eigenvalue weighted by molar-refractivity contribution is 5.94. The maximum absolute atomic E-state index is 12.3. The molecule has 0 saturated heterocycles. The van der Waals surface area contributed by atoms with Crippen LogP contribution in [0.25, 0.3) is 0 Å². The Hall–Kier alpha value is -1.06. The third kappa shape index (κ3) is 3.41. The van der Waals surface area contributed by atoms with Crippen LogP contribution >= 0.6 is 12.4 Å². The van der Waals surface area contributed by atoms with E-state index in [0.29, 0.717) is 5.41 Å². The molecule has 4 heteroatoms. The summed E-state index contributed by atoms with van der Waals surface area (Å²) in [6.45, 7) is 4.89. The van der Waals surface area contributed by atoms with E-state index in [4.69, 9.17) is 0 Å². The van der Waals surface area contributed by atoms with E-state index < -0.39 is 0 Å². The van der Waals surface area contributed by atoms with E-state index >= 15 is 0 Å². The second-order valence-electron chi connectivity index (χ2n) is 6.33. The van der Waals surface area contributed by atoms with E-state index in [1.165, 1.54) is 43.2 Å². The van der Waals surface area contributed by atoms with Gasteiger partial charge in [-0.3, -0.25) is 4.79 Å². The first-order valence-electron chi connectivity index (χ1n) is 7.83. The molecule has 0 bridgehead atoms. The number of amides is 1. The van der Waals surface area contributed by atoms with Gasteiger partial charge in [0, 0.05) is 25.2 Å². The molecule has 21 heavy (non-hydrogen) atoms. The summed E-state index contributed by atoms with van der Waals surface area (Å²) < 4.78 is 0. The van der Waals surface area contributed by atoms with Gasteiger partial charge in [-0.25, -0.2) is 0 Å². The van der Waals surface area contributed by atoms with Gasteiger partial charge in [-0.1, -0.05) is 25.8 Å². The third-order valence-electron chi connectivity index (χ3n) is 5.14. The first-order chi connectivity index (χ1) is 9.72. The number of rotatable bonds is 4. The molecule has 0 aromatic heterocycles. The molecule has 3 rings (SSSR count). The highest BCUT2D eigenvalue weighted by Crippen LogP contribution is 2.40. The normalized spacial score (nSPS) is 18.9. The van der Waals surface area contributed by atoms with Crippen LogP contribution in [-0.4, -0.2) is 12.5 Å². The Bertz CT molecular complexity index is 510. The summed E-state index contributed by atoms with van der Waals surface area (Å²) in [6.07, 6.45) is 6.32. The monoisotopic (exact) mass is 308 g/mol. The zero-order valence-electron chi connectivity index (χ0n) is 12.7. The summed E-state index contributed by atoms with van der Waals surface area (Å²) in [7, 11) is 0. The number of carbonyl (C=O) groups is 1. The first-order valence-corrected chi connectivity index (χ1v) is 7.83. The molecule has 0 unspecified atom stereocenters. The van der Waals surface area contributed by atoms with E-state index in [0.717, 1.165) is 25.2 Å². The summed E-state index contributed by atoms with van der Waals surface area (Å²) in [5.41, 5.74) is 3.75. The van der Waals surface area contributed by atoms with Crippen molar-refractivity contribution < 1.29 is 4.79 Å². The Morgan fingerprint density at radius 3 is 2.67 bits per heavy atom. The van der Waals surface area contributed by atoms with E-state index in [9.17, 15) is 4.79 Å². The van der Waals surface area contributed by atoms with Crippen molar-refractivity contribution in [3.63, 3.8) is 0 Å². The van der Waals surface area contributed by atoms with Gasteiger partial charge >= 0.3 is 0 Å². The standard InChI is InChI=1S/C17H24N2O.ClH/c1-2-17(7-3-4-8-17)12-19-16(20)13-5-6-14-10-18-11-15(14)9-13;/h5-6,9,18H,2-4,7-8,10-12H2,1H3,(H,19,20);1H. The molecule has 0 radical (unpaired) electrons. The van der Waals surface area contributed by atoms with Crippen LogP contribution in [0.5, 0.6) is 0 Å². The van der Waals surface area contributed by atoms with Crippen LogP contribution in [0.15, 0.2) is 18.2 Å². The van der Waals surface area contributed by atoms with Crippen LogP contribution in [0.2, 0.25) is 0 Å². The number of benzene rings is 1. The Kier molecular flexibility index (Phi) is 5.28. The number of hydrogen-bond acceptors (Lipinski definition) is 2. The number of hydrogen-bond donors (Lipinski definition) is 2. The second-order valence-corrected chi connectivity index (χ2v) is 6.33. The molecule has 2 aliphatic rings. The van der Waals surface area contributed by atoms with Gasteiger partial charge in [0.25, 0.3) is 5.91 Å². The van der Waals surface area contributed by atoms with Gasteiger partial charge in [0.05, 0.1) is 0 Å². The zero-order valence-corrected chi connectivity index (χ0v) is 13.5. The lowest BCUT2D eigenvalue weighted by molar-refractivity contribution is 0.0928. The lowest BCUT2D eigenvalue weighted by Gasteiger charge is -2.27. The van der Waals surface area contributed by atoms with Crippen molar-refractivity contribution in [1.29, 1.82) is 0 Å². The molecular weight excluding hydrogens is 284 g/mol. The van der Waals surface area contributed by atoms with E-state index in [2.05, 4.69) is 23.6 Å². The molecule has 1 saturated carbocycles. The van der Waals surface area contributed by atoms with Crippen LogP contribution in [0, 0.1) is 5.41 Å². The quantitative estimate of drug-likeness (QED) is 0.895. The van der Waals surface area contributed by atoms with E-state index in [1.807, 2.05) is 12.1 Å². The third-order valence-corrected chi connectivity index (χ3v) is 5.14. The highest BCUT2D eigenvalue weighted by atomic mass is 35.5. The van der Waals surface area contributed by atoms with Crippen molar-refractivity contribution in [2.24, 2.45) is 5.41 Å². The van der Waals surface area contributed by atoms with Gasteiger partial charge in [0.1, 0.15) is 0 Å². The molecule has 0 spiro atoms. The lowest BCUT2D eigenvalue weighted by atomic mass is 9.83. The maximum atomic E-state index is 12.3. The second kappa shape index (κ2) is 6.80. The van der Waals surface area contributed by atoms with Crippen LogP contribution in [0.3, 0.4) is 0 Å². The number of carbonyl (C=O) groups excluding carboxylic acids is 1. The smallest absolute Gasteiger partial charge is 0.251 e. The molecule has 1 heterocycles. The fourth-order valence-electron chi connectivity index (χ4n) is 3.59. The SMILES string of the molecule is CCC1(CNC(=O)c2ccc3c(c2)CNC3)CCCC1.Cl. The molecule has 1 fully saturated rings. The summed E-state index contributed by atoms with van der Waals surface area (Å²) in [6, 6.07) is 6.07. The molecular formula is C17H25ClN2O. The largest absolute Gasteiger partial charge is 0.351 e. The highest BCUT2D eigenvalue weighted by Gasteiger charge is 2.32. The first kappa shape index (κ1) is 16.3. The van der Waals surface area contributed by atoms with Gasteiger partial charge in [-0.2, -0.15) is 0 Å². The lowest BCUT2D eigenvalue weighted by Crippen LogP contribution is -2.35. The Morgan fingerprint density at radius 1 is 1.24 bits per heavy atom. The van der Waals surface area contributed by atoms with Crippen LogP contribution < -0.4 is 10.6 Å². The summed E-state index contributed by atoms with van der Waals surface area (Å²) >= 11 is 0. The average molecular weight is 309 g/mol. The van der Waals surface area contributed by atoms with E-state index in [-0.39, 0.29) is 18.3 Å². The van der Waals surface area contributed by atoms with Crippen molar-refractivity contribution in [1.82, 2.24) is 10.6 Å². The van der Waals surface area contributed by atoms with Gasteiger partial charge in [0.15, 0.2) is 0 Å². The summed E-state index contributed by atoms with van der Waals surface area (Å²) in [5, 5.41) is 6.48. The Morgan fingerprint density at radius 2 is 1.95 bits per heavy atom. The van der Waals surface area contributed by atoms with Gasteiger partial charge in [-0.05, 0) is 47.9 Å². The minimum Gasteiger partial charge on any atom is -0.351 e. The van der Waals surface area contributed by atoms with Crippen molar-refractivity contribution >= 4 is 18.3 Å². The molecule has 2 N–H and O–H groups in total. The minimum atomic E-state index is 0. The molecule has 116 valence electrons. The van der Waals surface area contributed by atoms with Gasteiger partial charge in [-0.15, -0.1) is 12.4 Å². The number of nitrogens with one attached hydrogen (secondary N) is 2. The maximum Gasteiger partial charge on any atom is 0.251 e. The fraction of sp³-hybridized carbons (Fsp3) is 0.588. The van der Waals surface area contributed by atoms with Crippen molar-refractivity contribution in [2.45, 2.75) is 52.1 Å². The van der Waals surface area contributed by atoms with Crippen LogP contribution in [0.4, 0.5) is 0 Å². The number of fused-ring (bicyclic) bond motifs is 1. The predicted molar refractivity (Wildman–Crippen MR) is 87.8 cm³/mol. The Labute approximate surface area is 133 Å². The topological polar surface area (TPSA) is 41.1 Å². The predicted octanol–water partition coefficient (Wildman–Crippen LogP) is 3.41. The number of halogens is 1. The minimum absolute atomic E-state index is 0. The molecule has 1 aliphatic heterocycles. The van der Waals surface area contributed by atoms with Crippen molar-refractivity contribution in [3.8, 4) is 0 Å². The fourth-order valence-corrected chi connectivity index (χ4v) is 3.59. The van der Waals surface area contributed by atoms with Crippen LogP contribution in [0.1, 0.15) is 60.5 Å². The molecule has 1 aromatic rings. The summed E-state index contributed by atoms with van der Waals surface area (Å²) in [5.74, 6) is 0.0828. The molecule has 1 aromatic carbocycles. The summed E-state index contributed by atoms with van der Waals surface area (Å²) in [4.78, 5) is 12.3. The van der Waals surface area contributed by atoms with Crippen molar-refractivity contribution in [2.75, 3.05) is 6.54 Å².